The predicted octanol–water partition coefficient (Wildman–Crippen LogP) is 4.54. The number of fused-ring (bicyclic) bond motifs is 2. The minimum Gasteiger partial charge on any atom is -0.392 e. The number of carbonyl (C=O) groups is 1. The molecular weight excluding hydrogens is 406 g/mol. The largest absolute Gasteiger partial charge is 0.392 e. The van der Waals surface area contributed by atoms with E-state index in [2.05, 4.69) is 31.5 Å². The fraction of sp³-hybridized carbons (Fsp3) is 0.560. The van der Waals surface area contributed by atoms with E-state index in [-0.39, 0.29) is 35.0 Å². The Kier molecular flexibility index (Phi) is 6.05. The van der Waals surface area contributed by atoms with Gasteiger partial charge in [0.2, 0.25) is 5.91 Å². The molecule has 6 atom stereocenters. The number of rotatable bonds is 5. The summed E-state index contributed by atoms with van der Waals surface area (Å²) in [5.41, 5.74) is 2.19. The Balaban J connectivity index is 1.61. The van der Waals surface area contributed by atoms with E-state index in [0.29, 0.717) is 6.54 Å². The maximum Gasteiger partial charge on any atom is 0.225 e. The number of aromatic nitrogens is 2. The van der Waals surface area contributed by atoms with E-state index in [1.807, 2.05) is 26.2 Å². The second-order valence-electron chi connectivity index (χ2n) is 9.70. The smallest absolute Gasteiger partial charge is 0.225 e. The van der Waals surface area contributed by atoms with Gasteiger partial charge in [-0.05, 0) is 48.6 Å². The van der Waals surface area contributed by atoms with Gasteiger partial charge in [-0.25, -0.2) is 4.98 Å². The van der Waals surface area contributed by atoms with Crippen LogP contribution < -0.4 is 0 Å². The van der Waals surface area contributed by atoms with Gasteiger partial charge >= 0.3 is 0 Å². The maximum absolute atomic E-state index is 12.9. The molecule has 0 radical (unpaired) electrons. The monoisotopic (exact) mass is 439 g/mol. The molecule has 1 fully saturated rings. The van der Waals surface area contributed by atoms with Crippen molar-refractivity contribution in [2.24, 2.45) is 23.2 Å². The summed E-state index contributed by atoms with van der Waals surface area (Å²) >= 11 is 1.77. The Bertz CT molecular complexity index is 959. The number of nitrogens with zero attached hydrogens (tertiary/aromatic N) is 3. The molecule has 1 unspecified atom stereocenters. The number of aliphatic hydroxyl groups is 1. The van der Waals surface area contributed by atoms with Gasteiger partial charge in [0.1, 0.15) is 5.01 Å². The van der Waals surface area contributed by atoms with Gasteiger partial charge in [-0.2, -0.15) is 0 Å². The lowest BCUT2D eigenvalue weighted by Crippen LogP contribution is -2.53. The quantitative estimate of drug-likeness (QED) is 0.695. The van der Waals surface area contributed by atoms with Crippen molar-refractivity contribution < 1.29 is 9.90 Å². The predicted molar refractivity (Wildman–Crippen MR) is 125 cm³/mol. The molecule has 1 amide bonds. The summed E-state index contributed by atoms with van der Waals surface area (Å²) in [6.45, 7) is 10.8. The van der Waals surface area contributed by atoms with Crippen LogP contribution in [0.5, 0.6) is 0 Å². The number of pyridine rings is 1. The van der Waals surface area contributed by atoms with Gasteiger partial charge in [-0.3, -0.25) is 9.78 Å². The van der Waals surface area contributed by atoms with Crippen LogP contribution >= 0.6 is 11.3 Å². The van der Waals surface area contributed by atoms with Gasteiger partial charge in [0.25, 0.3) is 0 Å². The van der Waals surface area contributed by atoms with E-state index < -0.39 is 6.10 Å². The number of hydrogen-bond donors (Lipinski definition) is 1. The molecule has 4 rings (SSSR count). The minimum absolute atomic E-state index is 0.0247. The second-order valence-corrected chi connectivity index (χ2v) is 10.8. The number of amides is 1. The standard InChI is InChI=1S/C25H33N3O2S/c1-6-12-28(5)24(30)15(2)18-9-10-25(4)13-19-21(16(3)20(25)22(18)29)27-23(31-19)17-8-7-11-26-14-17/h6-8,11,14-16,18,20,22,29H,1,9-10,12-13H2,2-5H3/t15-,16-,18?,20+,22-,25-/m0/s1. The molecule has 2 aromatic rings. The first kappa shape index (κ1) is 22.2. The number of aliphatic hydroxyl groups excluding tert-OH is 1. The maximum atomic E-state index is 12.9. The first-order chi connectivity index (χ1) is 14.8. The van der Waals surface area contributed by atoms with Crippen LogP contribution in [0.25, 0.3) is 10.6 Å². The van der Waals surface area contributed by atoms with Crippen LogP contribution in [0.3, 0.4) is 0 Å². The molecule has 5 nitrogen and oxygen atoms in total. The molecular formula is C25H33N3O2S. The fourth-order valence-corrected chi connectivity index (χ4v) is 7.33. The van der Waals surface area contributed by atoms with Crippen molar-refractivity contribution in [3.8, 4) is 10.6 Å². The van der Waals surface area contributed by atoms with Crippen LogP contribution in [0.15, 0.2) is 37.2 Å². The van der Waals surface area contributed by atoms with Crippen molar-refractivity contribution in [1.82, 2.24) is 14.9 Å². The molecule has 166 valence electrons. The van der Waals surface area contributed by atoms with Crippen LogP contribution in [-0.4, -0.2) is 45.6 Å². The third-order valence-corrected chi connectivity index (χ3v) is 8.76. The zero-order chi connectivity index (χ0) is 22.3. The van der Waals surface area contributed by atoms with Crippen molar-refractivity contribution in [1.29, 1.82) is 0 Å². The van der Waals surface area contributed by atoms with Gasteiger partial charge in [-0.1, -0.05) is 26.8 Å². The molecule has 0 saturated heterocycles. The summed E-state index contributed by atoms with van der Waals surface area (Å²) in [6, 6.07) is 3.99. The van der Waals surface area contributed by atoms with Crippen LogP contribution in [-0.2, 0) is 11.2 Å². The first-order valence-electron chi connectivity index (χ1n) is 11.2. The molecule has 2 aliphatic rings. The summed E-state index contributed by atoms with van der Waals surface area (Å²) in [7, 11) is 1.81. The van der Waals surface area contributed by atoms with Gasteiger partial charge in [0, 0.05) is 48.3 Å². The average molecular weight is 440 g/mol. The number of hydrogen-bond acceptors (Lipinski definition) is 5. The Morgan fingerprint density at radius 3 is 2.97 bits per heavy atom. The van der Waals surface area contributed by atoms with Gasteiger partial charge in [0.05, 0.1) is 11.8 Å². The lowest BCUT2D eigenvalue weighted by atomic mass is 9.53. The Morgan fingerprint density at radius 2 is 2.29 bits per heavy atom. The molecule has 0 aliphatic heterocycles. The lowest BCUT2D eigenvalue weighted by molar-refractivity contribution is -0.143. The zero-order valence-corrected chi connectivity index (χ0v) is 19.7. The van der Waals surface area contributed by atoms with Crippen LogP contribution in [0.4, 0.5) is 0 Å². The molecule has 0 spiro atoms. The Morgan fingerprint density at radius 1 is 1.52 bits per heavy atom. The normalized spacial score (nSPS) is 30.7. The number of carbonyl (C=O) groups excluding carboxylic acids is 1. The Labute approximate surface area is 189 Å². The van der Waals surface area contributed by atoms with E-state index in [1.165, 1.54) is 4.88 Å². The molecule has 0 bridgehead atoms. The van der Waals surface area contributed by atoms with E-state index in [0.717, 1.165) is 35.5 Å². The van der Waals surface area contributed by atoms with Crippen molar-refractivity contribution in [3.05, 3.63) is 47.8 Å². The van der Waals surface area contributed by atoms with E-state index in [9.17, 15) is 9.90 Å². The highest BCUT2D eigenvalue weighted by molar-refractivity contribution is 7.15. The summed E-state index contributed by atoms with van der Waals surface area (Å²) in [6.07, 6.45) is 7.71. The van der Waals surface area contributed by atoms with Gasteiger partial charge in [0.15, 0.2) is 0 Å². The van der Waals surface area contributed by atoms with Gasteiger partial charge < -0.3 is 10.0 Å². The fourth-order valence-electron chi connectivity index (χ4n) is 5.97. The van der Waals surface area contributed by atoms with Crippen molar-refractivity contribution >= 4 is 17.2 Å². The highest BCUT2D eigenvalue weighted by Gasteiger charge is 2.54. The van der Waals surface area contributed by atoms with E-state index in [4.69, 9.17) is 4.98 Å². The zero-order valence-electron chi connectivity index (χ0n) is 18.9. The minimum atomic E-state index is -0.512. The third kappa shape index (κ3) is 3.85. The van der Waals surface area contributed by atoms with Crippen molar-refractivity contribution in [2.45, 2.75) is 52.1 Å². The second kappa shape index (κ2) is 8.47. The van der Waals surface area contributed by atoms with Gasteiger partial charge in [-0.15, -0.1) is 17.9 Å². The summed E-state index contributed by atoms with van der Waals surface area (Å²) < 4.78 is 0. The Hall–Kier alpha value is -2.05. The van der Waals surface area contributed by atoms with Crippen LogP contribution in [0, 0.1) is 23.2 Å². The lowest BCUT2D eigenvalue weighted by Gasteiger charge is -2.53. The van der Waals surface area contributed by atoms with Crippen LogP contribution in [0.1, 0.15) is 50.1 Å². The SMILES string of the molecule is C=CCN(C)C(=O)[C@@H](C)C1CC[C@@]2(C)Cc3sc(-c4cccnc4)nc3[C@@H](C)[C@@H]2[C@H]1O. The molecule has 6 heteroatoms. The van der Waals surface area contributed by atoms with E-state index >= 15 is 0 Å². The highest BCUT2D eigenvalue weighted by atomic mass is 32.1. The third-order valence-electron chi connectivity index (χ3n) is 7.64. The van der Waals surface area contributed by atoms with Crippen LogP contribution in [0.2, 0.25) is 0 Å². The van der Waals surface area contributed by atoms with E-state index in [1.54, 1.807) is 28.5 Å². The van der Waals surface area contributed by atoms with Crippen molar-refractivity contribution in [3.63, 3.8) is 0 Å². The molecule has 1 saturated carbocycles. The average Bonchev–Trinajstić information content (AvgIpc) is 3.17. The number of thiazole rings is 1. The molecule has 2 aromatic heterocycles. The summed E-state index contributed by atoms with van der Waals surface area (Å²) in [5, 5.41) is 12.6. The molecule has 1 N–H and O–H groups in total. The first-order valence-corrected chi connectivity index (χ1v) is 12.0. The van der Waals surface area contributed by atoms with Crippen molar-refractivity contribution in [2.75, 3.05) is 13.6 Å². The topological polar surface area (TPSA) is 66.3 Å². The molecule has 2 heterocycles. The molecule has 2 aliphatic carbocycles. The number of likely N-dealkylation sites (N-methyl/N-ethyl adjacent to an activating group) is 1. The molecule has 0 aromatic carbocycles. The molecule has 31 heavy (non-hydrogen) atoms. The summed E-state index contributed by atoms with van der Waals surface area (Å²) in [5.74, 6) is 0.103. The summed E-state index contributed by atoms with van der Waals surface area (Å²) in [4.78, 5) is 25.2. The highest BCUT2D eigenvalue weighted by Crippen LogP contribution is 2.57.